The van der Waals surface area contributed by atoms with Crippen molar-refractivity contribution in [1.82, 2.24) is 14.5 Å². The fourth-order valence-corrected chi connectivity index (χ4v) is 6.05. The van der Waals surface area contributed by atoms with E-state index in [1.54, 1.807) is 26.0 Å². The molecule has 4 amide bonds. The molecule has 37 heavy (non-hydrogen) atoms. The van der Waals surface area contributed by atoms with Crippen molar-refractivity contribution in [1.29, 1.82) is 0 Å². The number of allylic oxidation sites excluding steroid dienone is 1. The maximum atomic E-state index is 13.4. The van der Waals surface area contributed by atoms with Crippen molar-refractivity contribution in [3.8, 4) is 0 Å². The Morgan fingerprint density at radius 3 is 2.14 bits per heavy atom. The number of amides is 4. The molecule has 2 aliphatic rings. The van der Waals surface area contributed by atoms with Crippen molar-refractivity contribution in [2.75, 3.05) is 0 Å². The first-order chi connectivity index (χ1) is 17.1. The lowest BCUT2D eigenvalue weighted by Gasteiger charge is -2.48. The molecule has 2 aliphatic heterocycles. The first-order valence-electron chi connectivity index (χ1n) is 12.2. The summed E-state index contributed by atoms with van der Waals surface area (Å²) in [5.74, 6) is -2.26. The molecule has 11 heteroatoms. The molecule has 2 heterocycles. The lowest BCUT2D eigenvalue weighted by Crippen LogP contribution is -2.70. The first-order valence-corrected chi connectivity index (χ1v) is 16.4. The number of hydrogen-bond donors (Lipinski definition) is 1. The maximum Gasteiger partial charge on any atom is 0.341 e. The predicted octanol–water partition coefficient (Wildman–Crippen LogP) is 3.38. The highest BCUT2D eigenvalue weighted by molar-refractivity contribution is 7.98. The van der Waals surface area contributed by atoms with Gasteiger partial charge in [-0.15, -0.1) is 0 Å². The van der Waals surface area contributed by atoms with E-state index in [1.807, 2.05) is 51.7 Å². The quantitative estimate of drug-likeness (QED) is 0.175. The van der Waals surface area contributed by atoms with Crippen LogP contribution in [0.1, 0.15) is 46.1 Å². The second kappa shape index (κ2) is 10.8. The minimum atomic E-state index is -2.29. The van der Waals surface area contributed by atoms with Crippen molar-refractivity contribution in [3.63, 3.8) is 0 Å². The molecule has 0 aliphatic carbocycles. The van der Waals surface area contributed by atoms with Gasteiger partial charge in [-0.3, -0.25) is 24.1 Å². The van der Waals surface area contributed by atoms with Crippen LogP contribution in [0.3, 0.4) is 0 Å². The van der Waals surface area contributed by atoms with Crippen LogP contribution in [-0.2, 0) is 34.8 Å². The topological polar surface area (TPSA) is 113 Å². The second-order valence-corrected chi connectivity index (χ2v) is 16.8. The van der Waals surface area contributed by atoms with Crippen molar-refractivity contribution < 1.29 is 28.4 Å². The van der Waals surface area contributed by atoms with Crippen molar-refractivity contribution in [2.45, 2.75) is 78.0 Å². The monoisotopic (exact) mass is 545 g/mol. The van der Waals surface area contributed by atoms with Crippen LogP contribution < -0.4 is 5.32 Å². The van der Waals surface area contributed by atoms with E-state index in [2.05, 4.69) is 5.32 Å². The lowest BCUT2D eigenvalue weighted by atomic mass is 9.83. The van der Waals surface area contributed by atoms with Crippen molar-refractivity contribution in [2.24, 2.45) is 5.41 Å². The van der Waals surface area contributed by atoms with E-state index in [-0.39, 0.29) is 42.7 Å². The van der Waals surface area contributed by atoms with Crippen LogP contribution in [-0.4, -0.2) is 58.5 Å². The third-order valence-corrected chi connectivity index (χ3v) is 7.91. The van der Waals surface area contributed by atoms with Gasteiger partial charge in [-0.1, -0.05) is 44.2 Å². The van der Waals surface area contributed by atoms with E-state index in [0.29, 0.717) is 5.57 Å². The number of nitrogens with one attached hydrogen (secondary N) is 1. The molecule has 2 fully saturated rings. The number of likely N-dealkylation sites (tertiary alicyclic amines) is 1. The standard InChI is InChI=1S/C26H35N3O6SSi/c1-16(2)22(25(34)35-37(5,6)7)28-23(33)21(27-18(30)13-17-11-9-8-10-12-17)24(28)36-29-19(31)14-26(3,4)15-20(29)32/h8-12,21,24H,13-15H2,1-7H3,(H,27,30). The molecule has 1 N–H and O–H groups in total. The number of imide groups is 1. The largest absolute Gasteiger partial charge is 0.515 e. The zero-order valence-electron chi connectivity index (χ0n) is 22.4. The first kappa shape index (κ1) is 28.6. The van der Waals surface area contributed by atoms with Gasteiger partial charge in [0.05, 0.1) is 6.42 Å². The Hall–Kier alpha value is -2.92. The van der Waals surface area contributed by atoms with Gasteiger partial charge in [0.1, 0.15) is 17.1 Å². The van der Waals surface area contributed by atoms with E-state index in [0.717, 1.165) is 21.8 Å². The lowest BCUT2D eigenvalue weighted by molar-refractivity contribution is -0.150. The van der Waals surface area contributed by atoms with Crippen LogP contribution in [0.2, 0.25) is 19.6 Å². The van der Waals surface area contributed by atoms with Gasteiger partial charge in [0.25, 0.3) is 5.91 Å². The average Bonchev–Trinajstić information content (AvgIpc) is 2.74. The van der Waals surface area contributed by atoms with Gasteiger partial charge in [-0.25, -0.2) is 9.10 Å². The molecule has 1 aromatic carbocycles. The molecule has 2 unspecified atom stereocenters. The molecule has 0 saturated carbocycles. The van der Waals surface area contributed by atoms with E-state index >= 15 is 0 Å². The zero-order chi connectivity index (χ0) is 27.7. The van der Waals surface area contributed by atoms with Gasteiger partial charge in [-0.05, 0) is 62.0 Å². The Morgan fingerprint density at radius 1 is 1.05 bits per heavy atom. The van der Waals surface area contributed by atoms with E-state index in [9.17, 15) is 24.0 Å². The number of benzene rings is 1. The molecule has 3 rings (SSSR count). The van der Waals surface area contributed by atoms with Crippen LogP contribution in [0.4, 0.5) is 0 Å². The Labute approximate surface area is 223 Å². The third-order valence-electron chi connectivity index (χ3n) is 5.80. The third kappa shape index (κ3) is 6.89. The van der Waals surface area contributed by atoms with E-state index < -0.39 is 37.0 Å². The number of rotatable bonds is 8. The summed E-state index contributed by atoms with van der Waals surface area (Å²) < 4.78 is 6.74. The van der Waals surface area contributed by atoms with Crippen molar-refractivity contribution >= 4 is 49.9 Å². The van der Waals surface area contributed by atoms with Crippen LogP contribution in [0.5, 0.6) is 0 Å². The zero-order valence-corrected chi connectivity index (χ0v) is 24.2. The maximum absolute atomic E-state index is 13.4. The number of carbonyl (C=O) groups is 5. The second-order valence-electron chi connectivity index (χ2n) is 11.4. The van der Waals surface area contributed by atoms with Gasteiger partial charge in [0.15, 0.2) is 0 Å². The highest BCUT2D eigenvalue weighted by atomic mass is 32.2. The van der Waals surface area contributed by atoms with Gasteiger partial charge in [0.2, 0.25) is 26.0 Å². The normalized spacial score (nSPS) is 21.3. The fraction of sp³-hybridized carbons (Fsp3) is 0.500. The van der Waals surface area contributed by atoms with Gasteiger partial charge >= 0.3 is 5.97 Å². The average molecular weight is 546 g/mol. The summed E-state index contributed by atoms with van der Waals surface area (Å²) in [5, 5.41) is 1.87. The number of piperidine rings is 1. The van der Waals surface area contributed by atoms with Crippen LogP contribution >= 0.6 is 11.9 Å². The van der Waals surface area contributed by atoms with Gasteiger partial charge in [-0.2, -0.15) is 0 Å². The summed E-state index contributed by atoms with van der Waals surface area (Å²) in [4.78, 5) is 66.3. The van der Waals surface area contributed by atoms with E-state index in [1.165, 1.54) is 4.90 Å². The number of β-lactam (4-membered cyclic amide) rings is 1. The Kier molecular flexibility index (Phi) is 8.38. The molecule has 9 nitrogen and oxygen atoms in total. The minimum absolute atomic E-state index is 0.0605. The van der Waals surface area contributed by atoms with Crippen LogP contribution in [0.15, 0.2) is 41.6 Å². The van der Waals surface area contributed by atoms with E-state index in [4.69, 9.17) is 4.43 Å². The summed E-state index contributed by atoms with van der Waals surface area (Å²) >= 11 is 0.868. The summed E-state index contributed by atoms with van der Waals surface area (Å²) in [6, 6.07) is 8.07. The number of carbonyl (C=O) groups excluding carboxylic acids is 5. The van der Waals surface area contributed by atoms with Crippen LogP contribution in [0.25, 0.3) is 0 Å². The highest BCUT2D eigenvalue weighted by Crippen LogP contribution is 2.41. The summed E-state index contributed by atoms with van der Waals surface area (Å²) in [6.07, 6.45) is 0.403. The molecule has 0 spiro atoms. The molecule has 0 aromatic heterocycles. The molecular formula is C26H35N3O6SSi. The Balaban J connectivity index is 1.89. The fourth-order valence-electron chi connectivity index (χ4n) is 4.21. The number of hydrogen-bond acceptors (Lipinski definition) is 7. The molecule has 1 aromatic rings. The molecule has 200 valence electrons. The summed E-state index contributed by atoms with van der Waals surface area (Å²) in [5.41, 5.74) is 0.931. The smallest absolute Gasteiger partial charge is 0.341 e. The molecular weight excluding hydrogens is 510 g/mol. The highest BCUT2D eigenvalue weighted by Gasteiger charge is 2.55. The minimum Gasteiger partial charge on any atom is -0.515 e. The Morgan fingerprint density at radius 2 is 1.62 bits per heavy atom. The summed E-state index contributed by atoms with van der Waals surface area (Å²) in [6.45, 7) is 12.7. The summed E-state index contributed by atoms with van der Waals surface area (Å²) in [7, 11) is -2.29. The van der Waals surface area contributed by atoms with Gasteiger partial charge in [0, 0.05) is 12.8 Å². The van der Waals surface area contributed by atoms with Gasteiger partial charge < -0.3 is 9.74 Å². The van der Waals surface area contributed by atoms with Crippen molar-refractivity contribution in [3.05, 3.63) is 47.2 Å². The molecule has 2 saturated heterocycles. The molecule has 0 bridgehead atoms. The SMILES string of the molecule is CC(C)=C(C(=O)O[Si](C)(C)C)N1C(=O)C(NC(=O)Cc2ccccc2)C1SN1C(=O)CC(C)(C)CC1=O. The number of nitrogens with zero attached hydrogens (tertiary/aromatic N) is 2. The molecule has 0 radical (unpaired) electrons. The predicted molar refractivity (Wildman–Crippen MR) is 143 cm³/mol. The Bertz CT molecular complexity index is 1120. The van der Waals surface area contributed by atoms with Crippen LogP contribution in [0, 0.1) is 5.41 Å². The molecule has 2 atom stereocenters.